The summed E-state index contributed by atoms with van der Waals surface area (Å²) in [5.41, 5.74) is 0. The molecule has 5 nitrogen and oxygen atoms in total. The Balaban J connectivity index is 2.34. The molecule has 21 heavy (non-hydrogen) atoms. The van der Waals surface area contributed by atoms with Crippen molar-refractivity contribution < 1.29 is 26.3 Å². The molecule has 1 fully saturated rings. The Bertz CT molecular complexity index is 599. The first-order valence-electron chi connectivity index (χ1n) is 6.27. The highest BCUT2D eigenvalue weighted by molar-refractivity contribution is 7.89. The lowest BCUT2D eigenvalue weighted by Crippen LogP contribution is -2.48. The van der Waals surface area contributed by atoms with Crippen LogP contribution < -0.4 is 5.32 Å². The Kier molecular flexibility index (Phi) is 4.87. The van der Waals surface area contributed by atoms with Crippen molar-refractivity contribution >= 4 is 10.0 Å². The number of halogens is 3. The fourth-order valence-corrected chi connectivity index (χ4v) is 3.71. The number of benzene rings is 1. The van der Waals surface area contributed by atoms with E-state index in [0.29, 0.717) is 18.7 Å². The zero-order valence-corrected chi connectivity index (χ0v) is 12.1. The van der Waals surface area contributed by atoms with E-state index in [0.717, 1.165) is 4.31 Å². The average molecular weight is 324 g/mol. The first-order valence-corrected chi connectivity index (χ1v) is 7.71. The van der Waals surface area contributed by atoms with Gasteiger partial charge in [-0.25, -0.2) is 21.6 Å². The number of nitrogens with one attached hydrogen (secondary N) is 1. The zero-order valence-electron chi connectivity index (χ0n) is 11.3. The van der Waals surface area contributed by atoms with Crippen LogP contribution in [0.5, 0.6) is 0 Å². The van der Waals surface area contributed by atoms with Gasteiger partial charge in [0.15, 0.2) is 4.90 Å². The maximum absolute atomic E-state index is 13.7. The average Bonchev–Trinajstić information content (AvgIpc) is 2.37. The van der Waals surface area contributed by atoms with E-state index in [1.54, 1.807) is 7.05 Å². The number of likely N-dealkylation sites (N-methyl/N-ethyl adjacent to an activating group) is 1. The van der Waals surface area contributed by atoms with Gasteiger partial charge in [-0.15, -0.1) is 0 Å². The maximum Gasteiger partial charge on any atom is 0.249 e. The Hall–Kier alpha value is -1.16. The van der Waals surface area contributed by atoms with Crippen molar-refractivity contribution in [3.05, 3.63) is 29.6 Å². The summed E-state index contributed by atoms with van der Waals surface area (Å²) in [4.78, 5) is -1.13. The number of nitrogens with zero attached hydrogens (tertiary/aromatic N) is 1. The van der Waals surface area contributed by atoms with Gasteiger partial charge in [-0.1, -0.05) is 0 Å². The highest BCUT2D eigenvalue weighted by Crippen LogP contribution is 2.25. The van der Waals surface area contributed by atoms with Crippen LogP contribution >= 0.6 is 0 Å². The van der Waals surface area contributed by atoms with Gasteiger partial charge in [0.25, 0.3) is 0 Å². The highest BCUT2D eigenvalue weighted by Gasteiger charge is 2.35. The van der Waals surface area contributed by atoms with Crippen LogP contribution in [0.25, 0.3) is 0 Å². The predicted molar refractivity (Wildman–Crippen MR) is 68.7 cm³/mol. The standard InChI is InChI=1S/C12H15F3N2O3S/c1-16-6-9-7-17(2-3-20-9)21(18,19)12-10(14)4-8(13)5-11(12)15/h4-5,9,16H,2-3,6-7H2,1H3. The third-order valence-corrected chi connectivity index (χ3v) is 5.01. The van der Waals surface area contributed by atoms with Crippen LogP contribution in [0, 0.1) is 17.5 Å². The van der Waals surface area contributed by atoms with E-state index in [4.69, 9.17) is 4.74 Å². The van der Waals surface area contributed by atoms with Crippen LogP contribution in [0.15, 0.2) is 17.0 Å². The number of morpholine rings is 1. The second kappa shape index (κ2) is 6.30. The number of rotatable bonds is 4. The quantitative estimate of drug-likeness (QED) is 0.886. The fraction of sp³-hybridized carbons (Fsp3) is 0.500. The zero-order chi connectivity index (χ0) is 15.6. The van der Waals surface area contributed by atoms with Gasteiger partial charge < -0.3 is 10.1 Å². The molecule has 0 aromatic heterocycles. The van der Waals surface area contributed by atoms with E-state index in [1.165, 1.54) is 0 Å². The SMILES string of the molecule is CNCC1CN(S(=O)(=O)c2c(F)cc(F)cc2F)CCO1. The van der Waals surface area contributed by atoms with E-state index in [-0.39, 0.29) is 19.7 Å². The first kappa shape index (κ1) is 16.2. The Labute approximate surface area is 120 Å². The molecule has 0 spiro atoms. The number of sulfonamides is 1. The molecule has 9 heteroatoms. The van der Waals surface area contributed by atoms with Crippen molar-refractivity contribution in [2.24, 2.45) is 0 Å². The van der Waals surface area contributed by atoms with Crippen molar-refractivity contribution in [3.8, 4) is 0 Å². The molecule has 0 aliphatic carbocycles. The van der Waals surface area contributed by atoms with Gasteiger partial charge in [0.2, 0.25) is 10.0 Å². The molecule has 0 amide bonds. The number of hydrogen-bond acceptors (Lipinski definition) is 4. The highest BCUT2D eigenvalue weighted by atomic mass is 32.2. The summed E-state index contributed by atoms with van der Waals surface area (Å²) in [5.74, 6) is -4.05. The topological polar surface area (TPSA) is 58.6 Å². The lowest BCUT2D eigenvalue weighted by molar-refractivity contribution is 0.000701. The molecule has 0 radical (unpaired) electrons. The molecule has 1 unspecified atom stereocenters. The van der Waals surface area contributed by atoms with Gasteiger partial charge in [0.1, 0.15) is 17.5 Å². The van der Waals surface area contributed by atoms with Crippen molar-refractivity contribution in [3.63, 3.8) is 0 Å². The van der Waals surface area contributed by atoms with Crippen LogP contribution in [-0.2, 0) is 14.8 Å². The van der Waals surface area contributed by atoms with Crippen LogP contribution in [-0.4, -0.2) is 52.1 Å². The van der Waals surface area contributed by atoms with Gasteiger partial charge in [-0.2, -0.15) is 4.31 Å². The summed E-state index contributed by atoms with van der Waals surface area (Å²) in [6.07, 6.45) is -0.412. The lowest BCUT2D eigenvalue weighted by atomic mass is 10.3. The first-order chi connectivity index (χ1) is 9.86. The van der Waals surface area contributed by atoms with Gasteiger partial charge >= 0.3 is 0 Å². The van der Waals surface area contributed by atoms with E-state index in [1.807, 2.05) is 0 Å². The number of ether oxygens (including phenoxy) is 1. The van der Waals surface area contributed by atoms with E-state index < -0.39 is 38.5 Å². The monoisotopic (exact) mass is 324 g/mol. The minimum absolute atomic E-state index is 0.0151. The minimum Gasteiger partial charge on any atom is -0.374 e. The molecule has 0 bridgehead atoms. The smallest absolute Gasteiger partial charge is 0.249 e. The van der Waals surface area contributed by atoms with Crippen LogP contribution in [0.2, 0.25) is 0 Å². The summed E-state index contributed by atoms with van der Waals surface area (Å²) in [6.45, 7) is 0.481. The predicted octanol–water partition coefficient (Wildman–Crippen LogP) is 0.713. The van der Waals surface area contributed by atoms with Crippen molar-refractivity contribution in [2.45, 2.75) is 11.0 Å². The summed E-state index contributed by atoms with van der Waals surface area (Å²) < 4.78 is 71.2. The van der Waals surface area contributed by atoms with Crippen LogP contribution in [0.3, 0.4) is 0 Å². The van der Waals surface area contributed by atoms with Gasteiger partial charge in [-0.3, -0.25) is 0 Å². The molecule has 1 aromatic carbocycles. The molecule has 1 N–H and O–H groups in total. The third kappa shape index (κ3) is 3.37. The third-order valence-electron chi connectivity index (χ3n) is 3.09. The molecule has 2 rings (SSSR count). The second-order valence-electron chi connectivity index (χ2n) is 4.61. The normalized spacial score (nSPS) is 20.7. The van der Waals surface area contributed by atoms with E-state index >= 15 is 0 Å². The Morgan fingerprint density at radius 3 is 2.52 bits per heavy atom. The van der Waals surface area contributed by atoms with Gasteiger partial charge in [0, 0.05) is 31.8 Å². The largest absolute Gasteiger partial charge is 0.374 e. The Morgan fingerprint density at radius 2 is 1.95 bits per heavy atom. The van der Waals surface area contributed by atoms with Crippen LogP contribution in [0.1, 0.15) is 0 Å². The fourth-order valence-electron chi connectivity index (χ4n) is 2.17. The molecule has 1 aromatic rings. The molecule has 1 aliphatic rings. The van der Waals surface area contributed by atoms with Gasteiger partial charge in [0.05, 0.1) is 12.7 Å². The molecular formula is C12H15F3N2O3S. The molecule has 118 valence electrons. The second-order valence-corrected chi connectivity index (χ2v) is 6.49. The van der Waals surface area contributed by atoms with E-state index in [9.17, 15) is 21.6 Å². The summed E-state index contributed by atoms with van der Waals surface area (Å²) in [5, 5.41) is 2.84. The number of hydrogen-bond donors (Lipinski definition) is 1. The van der Waals surface area contributed by atoms with Gasteiger partial charge in [-0.05, 0) is 7.05 Å². The molecule has 1 heterocycles. The van der Waals surface area contributed by atoms with E-state index in [2.05, 4.69) is 5.32 Å². The van der Waals surface area contributed by atoms with Crippen LogP contribution in [0.4, 0.5) is 13.2 Å². The summed E-state index contributed by atoms with van der Waals surface area (Å²) in [7, 11) is -2.71. The molecule has 1 atom stereocenters. The minimum atomic E-state index is -4.38. The maximum atomic E-state index is 13.7. The molecule has 0 saturated carbocycles. The van der Waals surface area contributed by atoms with Crippen molar-refractivity contribution in [2.75, 3.05) is 33.3 Å². The lowest BCUT2D eigenvalue weighted by Gasteiger charge is -2.32. The van der Waals surface area contributed by atoms with Crippen molar-refractivity contribution in [1.29, 1.82) is 0 Å². The summed E-state index contributed by atoms with van der Waals surface area (Å²) >= 11 is 0. The molecule has 1 aliphatic heterocycles. The molecule has 1 saturated heterocycles. The van der Waals surface area contributed by atoms with Crippen molar-refractivity contribution in [1.82, 2.24) is 9.62 Å². The molecular weight excluding hydrogens is 309 g/mol. The Morgan fingerprint density at radius 1 is 1.33 bits per heavy atom. The summed E-state index contributed by atoms with van der Waals surface area (Å²) in [6, 6.07) is 0.697.